The van der Waals surface area contributed by atoms with Crippen LogP contribution in [0.25, 0.3) is 10.8 Å². The fraction of sp³-hybridized carbons (Fsp3) is 0.400. The Bertz CT molecular complexity index is 613. The van der Waals surface area contributed by atoms with Gasteiger partial charge >= 0.3 is 0 Å². The SMILES string of the molecule is CC#CCCC(Cc1cccc2ccccc12)NCCC. The van der Waals surface area contributed by atoms with Crippen LogP contribution in [0.2, 0.25) is 0 Å². The van der Waals surface area contributed by atoms with Crippen LogP contribution in [-0.2, 0) is 6.42 Å². The molecule has 2 aromatic carbocycles. The third-order valence-corrected chi connectivity index (χ3v) is 3.82. The van der Waals surface area contributed by atoms with E-state index in [9.17, 15) is 0 Å². The maximum Gasteiger partial charge on any atom is 0.0117 e. The first kappa shape index (κ1) is 15.6. The van der Waals surface area contributed by atoms with Crippen LogP contribution in [-0.4, -0.2) is 12.6 Å². The molecule has 0 fully saturated rings. The molecule has 0 heterocycles. The van der Waals surface area contributed by atoms with Crippen molar-refractivity contribution in [3.63, 3.8) is 0 Å². The Hall–Kier alpha value is -1.78. The highest BCUT2D eigenvalue weighted by atomic mass is 14.9. The second-order valence-electron chi connectivity index (χ2n) is 5.46. The minimum atomic E-state index is 0.511. The van der Waals surface area contributed by atoms with Crippen LogP contribution in [0.1, 0.15) is 38.7 Å². The van der Waals surface area contributed by atoms with E-state index in [0.29, 0.717) is 6.04 Å². The van der Waals surface area contributed by atoms with E-state index in [1.807, 2.05) is 6.92 Å². The first-order valence-electron chi connectivity index (χ1n) is 7.94. The van der Waals surface area contributed by atoms with Gasteiger partial charge in [-0.1, -0.05) is 49.4 Å². The van der Waals surface area contributed by atoms with E-state index in [-0.39, 0.29) is 0 Å². The summed E-state index contributed by atoms with van der Waals surface area (Å²) in [5, 5.41) is 6.38. The third-order valence-electron chi connectivity index (χ3n) is 3.82. The second-order valence-corrected chi connectivity index (χ2v) is 5.46. The monoisotopic (exact) mass is 279 g/mol. The van der Waals surface area contributed by atoms with Crippen molar-refractivity contribution < 1.29 is 0 Å². The molecule has 2 aromatic rings. The Morgan fingerprint density at radius 1 is 1.10 bits per heavy atom. The van der Waals surface area contributed by atoms with Gasteiger partial charge in [-0.2, -0.15) is 0 Å². The molecule has 0 aliphatic rings. The van der Waals surface area contributed by atoms with Gasteiger partial charge in [0.05, 0.1) is 0 Å². The molecule has 0 aliphatic carbocycles. The maximum atomic E-state index is 3.67. The molecule has 1 N–H and O–H groups in total. The van der Waals surface area contributed by atoms with E-state index in [1.54, 1.807) is 0 Å². The average molecular weight is 279 g/mol. The molecule has 0 saturated heterocycles. The molecule has 0 radical (unpaired) electrons. The number of hydrogen-bond acceptors (Lipinski definition) is 1. The van der Waals surface area contributed by atoms with Crippen molar-refractivity contribution >= 4 is 10.8 Å². The maximum absolute atomic E-state index is 3.67. The molecule has 0 saturated carbocycles. The van der Waals surface area contributed by atoms with Crippen molar-refractivity contribution in [1.29, 1.82) is 0 Å². The van der Waals surface area contributed by atoms with Gasteiger partial charge in [0, 0.05) is 12.5 Å². The first-order chi connectivity index (χ1) is 10.3. The Labute approximate surface area is 128 Å². The van der Waals surface area contributed by atoms with Crippen LogP contribution < -0.4 is 5.32 Å². The summed E-state index contributed by atoms with van der Waals surface area (Å²) in [6.07, 6.45) is 4.34. The second kappa shape index (κ2) is 8.49. The quantitative estimate of drug-likeness (QED) is 0.733. The zero-order valence-corrected chi connectivity index (χ0v) is 13.2. The highest BCUT2D eigenvalue weighted by Crippen LogP contribution is 2.20. The summed E-state index contributed by atoms with van der Waals surface area (Å²) in [4.78, 5) is 0. The van der Waals surface area contributed by atoms with Gasteiger partial charge in [-0.25, -0.2) is 0 Å². The van der Waals surface area contributed by atoms with E-state index in [1.165, 1.54) is 22.8 Å². The van der Waals surface area contributed by atoms with Crippen LogP contribution in [0.15, 0.2) is 42.5 Å². The van der Waals surface area contributed by atoms with Crippen LogP contribution in [0, 0.1) is 11.8 Å². The van der Waals surface area contributed by atoms with E-state index in [4.69, 9.17) is 0 Å². The molecule has 1 nitrogen and oxygen atoms in total. The first-order valence-corrected chi connectivity index (χ1v) is 7.94. The van der Waals surface area contributed by atoms with Crippen LogP contribution in [0.5, 0.6) is 0 Å². The molecule has 21 heavy (non-hydrogen) atoms. The highest BCUT2D eigenvalue weighted by molar-refractivity contribution is 5.85. The van der Waals surface area contributed by atoms with Crippen molar-refractivity contribution in [3.05, 3.63) is 48.0 Å². The van der Waals surface area contributed by atoms with E-state index in [2.05, 4.69) is 66.5 Å². The van der Waals surface area contributed by atoms with E-state index in [0.717, 1.165) is 25.8 Å². The van der Waals surface area contributed by atoms with Crippen molar-refractivity contribution in [3.8, 4) is 11.8 Å². The Morgan fingerprint density at radius 2 is 1.90 bits per heavy atom. The number of nitrogens with one attached hydrogen (secondary N) is 1. The summed E-state index contributed by atoms with van der Waals surface area (Å²) in [6, 6.07) is 15.8. The lowest BCUT2D eigenvalue weighted by Crippen LogP contribution is -2.31. The summed E-state index contributed by atoms with van der Waals surface area (Å²) >= 11 is 0. The van der Waals surface area contributed by atoms with Crippen molar-refractivity contribution in [2.75, 3.05) is 6.54 Å². The van der Waals surface area contributed by atoms with E-state index >= 15 is 0 Å². The van der Waals surface area contributed by atoms with Gasteiger partial charge in [-0.3, -0.25) is 0 Å². The summed E-state index contributed by atoms with van der Waals surface area (Å²) in [5.74, 6) is 6.18. The molecular weight excluding hydrogens is 254 g/mol. The molecule has 110 valence electrons. The van der Waals surface area contributed by atoms with Crippen molar-refractivity contribution in [2.24, 2.45) is 0 Å². The van der Waals surface area contributed by atoms with Gasteiger partial charge in [0.2, 0.25) is 0 Å². The predicted octanol–water partition coefficient (Wildman–Crippen LogP) is 4.55. The zero-order valence-electron chi connectivity index (χ0n) is 13.2. The van der Waals surface area contributed by atoms with Crippen LogP contribution in [0.3, 0.4) is 0 Å². The third kappa shape index (κ3) is 4.62. The lowest BCUT2D eigenvalue weighted by atomic mass is 9.96. The summed E-state index contributed by atoms with van der Waals surface area (Å²) in [6.45, 7) is 5.21. The Morgan fingerprint density at radius 3 is 2.71 bits per heavy atom. The van der Waals surface area contributed by atoms with Gasteiger partial charge in [-0.15, -0.1) is 11.8 Å². The van der Waals surface area contributed by atoms with Gasteiger partial charge in [0.25, 0.3) is 0 Å². The predicted molar refractivity (Wildman–Crippen MR) is 92.4 cm³/mol. The largest absolute Gasteiger partial charge is 0.314 e. The minimum Gasteiger partial charge on any atom is -0.314 e. The fourth-order valence-electron chi connectivity index (χ4n) is 2.73. The summed E-state index contributed by atoms with van der Waals surface area (Å²) < 4.78 is 0. The van der Waals surface area contributed by atoms with Crippen molar-refractivity contribution in [1.82, 2.24) is 5.32 Å². The molecule has 1 atom stereocenters. The summed E-state index contributed by atoms with van der Waals surface area (Å²) in [7, 11) is 0. The molecule has 1 unspecified atom stereocenters. The topological polar surface area (TPSA) is 12.0 Å². The van der Waals surface area contributed by atoms with Gasteiger partial charge in [-0.05, 0) is 49.1 Å². The Balaban J connectivity index is 2.14. The van der Waals surface area contributed by atoms with Gasteiger partial charge < -0.3 is 5.32 Å². The number of fused-ring (bicyclic) bond motifs is 1. The van der Waals surface area contributed by atoms with Crippen LogP contribution >= 0.6 is 0 Å². The molecule has 0 bridgehead atoms. The lowest BCUT2D eigenvalue weighted by Gasteiger charge is -2.18. The number of rotatable bonds is 7. The molecular formula is C20H25N. The molecule has 0 amide bonds. The highest BCUT2D eigenvalue weighted by Gasteiger charge is 2.10. The molecule has 0 aromatic heterocycles. The van der Waals surface area contributed by atoms with Gasteiger partial charge in [0.1, 0.15) is 0 Å². The lowest BCUT2D eigenvalue weighted by molar-refractivity contribution is 0.484. The Kier molecular flexibility index (Phi) is 6.31. The number of benzene rings is 2. The van der Waals surface area contributed by atoms with Gasteiger partial charge in [0.15, 0.2) is 0 Å². The summed E-state index contributed by atoms with van der Waals surface area (Å²) in [5.41, 5.74) is 1.44. The average Bonchev–Trinajstić information content (AvgIpc) is 2.53. The van der Waals surface area contributed by atoms with Crippen LogP contribution in [0.4, 0.5) is 0 Å². The van der Waals surface area contributed by atoms with E-state index < -0.39 is 0 Å². The molecule has 0 aliphatic heterocycles. The number of hydrogen-bond donors (Lipinski definition) is 1. The molecule has 2 rings (SSSR count). The van der Waals surface area contributed by atoms with Crippen molar-refractivity contribution in [2.45, 2.75) is 45.6 Å². The fourth-order valence-corrected chi connectivity index (χ4v) is 2.73. The zero-order chi connectivity index (χ0) is 14.9. The smallest absolute Gasteiger partial charge is 0.0117 e. The molecule has 0 spiro atoms. The molecule has 1 heteroatoms. The normalized spacial score (nSPS) is 11.9. The standard InChI is InChI=1S/C20H25N/c1-3-5-6-13-19(21-15-4-2)16-18-12-9-11-17-10-7-8-14-20(17)18/h7-12,14,19,21H,4,6,13,15-16H2,1-2H3. The minimum absolute atomic E-state index is 0.511.